The van der Waals surface area contributed by atoms with E-state index in [4.69, 9.17) is 15.5 Å². The molecule has 0 aromatic carbocycles. The van der Waals surface area contributed by atoms with Gasteiger partial charge in [0.15, 0.2) is 11.1 Å². The highest BCUT2D eigenvalue weighted by Gasteiger charge is 2.25. The lowest BCUT2D eigenvalue weighted by molar-refractivity contribution is 0.386. The van der Waals surface area contributed by atoms with Crippen molar-refractivity contribution in [2.24, 2.45) is 0 Å². The summed E-state index contributed by atoms with van der Waals surface area (Å²) in [5, 5.41) is 0. The fraction of sp³-hybridized carbons (Fsp3) is 0. The predicted molar refractivity (Wildman–Crippen MR) is 47.8 cm³/mol. The van der Waals surface area contributed by atoms with Crippen molar-refractivity contribution in [1.82, 2.24) is 19.9 Å². The topological polar surface area (TPSA) is 138 Å². The van der Waals surface area contributed by atoms with E-state index >= 15 is 0 Å². The molecule has 0 aliphatic heterocycles. The van der Waals surface area contributed by atoms with Crippen molar-refractivity contribution in [2.75, 3.05) is 5.73 Å². The third kappa shape index (κ3) is 1.35. The van der Waals surface area contributed by atoms with Crippen LogP contribution in [0.2, 0.25) is 0 Å². The van der Waals surface area contributed by atoms with Gasteiger partial charge in [-0.3, -0.25) is 4.57 Å². The Bertz CT molecular complexity index is 531. The van der Waals surface area contributed by atoms with E-state index in [1.807, 2.05) is 0 Å². The van der Waals surface area contributed by atoms with Crippen molar-refractivity contribution in [3.63, 3.8) is 0 Å². The monoisotopic (exact) mass is 215 g/mol. The summed E-state index contributed by atoms with van der Waals surface area (Å²) in [4.78, 5) is 31.3. The van der Waals surface area contributed by atoms with Gasteiger partial charge < -0.3 is 20.5 Å². The van der Waals surface area contributed by atoms with Crippen molar-refractivity contribution in [3.8, 4) is 0 Å². The standard InChI is InChI=1S/C5H6N5O3P/c6-5-9-3-2(7-1-8-3)4(10-5)14(11,12)13/h1H,(H2,11,12,13)(H3,6,7,8,9,10). The molecule has 2 rings (SSSR count). The first-order valence-electron chi connectivity index (χ1n) is 3.51. The van der Waals surface area contributed by atoms with Crippen LogP contribution in [0.1, 0.15) is 0 Å². The SMILES string of the molecule is Nc1nc(P(=O)(O)O)c2[nH]cnc2n1. The van der Waals surface area contributed by atoms with Crippen LogP contribution in [-0.4, -0.2) is 29.7 Å². The molecule has 8 nitrogen and oxygen atoms in total. The molecule has 14 heavy (non-hydrogen) atoms. The number of anilines is 1. The maximum absolute atomic E-state index is 11.0. The Balaban J connectivity index is 2.87. The minimum absolute atomic E-state index is 0.104. The van der Waals surface area contributed by atoms with Crippen LogP contribution in [0.25, 0.3) is 11.2 Å². The second-order valence-corrected chi connectivity index (χ2v) is 4.06. The van der Waals surface area contributed by atoms with Gasteiger partial charge in [-0.15, -0.1) is 0 Å². The van der Waals surface area contributed by atoms with Gasteiger partial charge in [-0.25, -0.2) is 9.97 Å². The summed E-state index contributed by atoms with van der Waals surface area (Å²) in [7, 11) is -4.46. The van der Waals surface area contributed by atoms with Crippen molar-refractivity contribution in [2.45, 2.75) is 0 Å². The van der Waals surface area contributed by atoms with Crippen LogP contribution in [0.15, 0.2) is 6.33 Å². The van der Waals surface area contributed by atoms with Crippen LogP contribution in [0.3, 0.4) is 0 Å². The highest BCUT2D eigenvalue weighted by atomic mass is 31.2. The van der Waals surface area contributed by atoms with Crippen molar-refractivity contribution in [1.29, 1.82) is 0 Å². The van der Waals surface area contributed by atoms with Crippen molar-refractivity contribution in [3.05, 3.63) is 6.33 Å². The molecular weight excluding hydrogens is 209 g/mol. The van der Waals surface area contributed by atoms with Crippen LogP contribution < -0.4 is 11.2 Å². The van der Waals surface area contributed by atoms with Gasteiger partial charge >= 0.3 is 7.60 Å². The third-order valence-corrected chi connectivity index (χ3v) is 2.44. The number of aromatic amines is 1. The van der Waals surface area contributed by atoms with Crippen LogP contribution in [-0.2, 0) is 4.57 Å². The van der Waals surface area contributed by atoms with Crippen LogP contribution in [0.5, 0.6) is 0 Å². The van der Waals surface area contributed by atoms with Gasteiger partial charge in [0.05, 0.1) is 6.33 Å². The Kier molecular flexibility index (Phi) is 1.78. The van der Waals surface area contributed by atoms with E-state index in [1.54, 1.807) is 0 Å². The Hall–Kier alpha value is -1.50. The van der Waals surface area contributed by atoms with Gasteiger partial charge in [-0.2, -0.15) is 4.98 Å². The summed E-state index contributed by atoms with van der Waals surface area (Å²) in [5.41, 5.74) is 5.07. The summed E-state index contributed by atoms with van der Waals surface area (Å²) in [6, 6.07) is 0. The zero-order valence-electron chi connectivity index (χ0n) is 6.75. The van der Waals surface area contributed by atoms with Crippen LogP contribution >= 0.6 is 7.60 Å². The minimum atomic E-state index is -4.46. The molecule has 9 heteroatoms. The fourth-order valence-electron chi connectivity index (χ4n) is 1.05. The third-order valence-electron chi connectivity index (χ3n) is 1.56. The Labute approximate surface area is 77.4 Å². The van der Waals surface area contributed by atoms with E-state index in [0.717, 1.165) is 0 Å². The highest BCUT2D eigenvalue weighted by Crippen LogP contribution is 2.34. The van der Waals surface area contributed by atoms with E-state index < -0.39 is 13.0 Å². The Morgan fingerprint density at radius 1 is 1.43 bits per heavy atom. The number of aromatic nitrogens is 4. The number of rotatable bonds is 1. The zero-order valence-corrected chi connectivity index (χ0v) is 7.64. The van der Waals surface area contributed by atoms with E-state index in [-0.39, 0.29) is 17.1 Å². The van der Waals surface area contributed by atoms with E-state index in [9.17, 15) is 4.57 Å². The Morgan fingerprint density at radius 2 is 2.14 bits per heavy atom. The Morgan fingerprint density at radius 3 is 2.79 bits per heavy atom. The first-order valence-corrected chi connectivity index (χ1v) is 5.12. The quantitative estimate of drug-likeness (QED) is 0.435. The van der Waals surface area contributed by atoms with Gasteiger partial charge in [0, 0.05) is 0 Å². The second-order valence-electron chi connectivity index (χ2n) is 2.55. The van der Waals surface area contributed by atoms with Gasteiger partial charge in [0.1, 0.15) is 5.52 Å². The van der Waals surface area contributed by atoms with Crippen molar-refractivity contribution >= 4 is 30.1 Å². The van der Waals surface area contributed by atoms with Gasteiger partial charge in [0.25, 0.3) is 0 Å². The molecule has 0 radical (unpaired) electrons. The molecule has 0 saturated carbocycles. The largest absolute Gasteiger partial charge is 0.376 e. The smallest absolute Gasteiger partial charge is 0.368 e. The average Bonchev–Trinajstić information content (AvgIpc) is 2.47. The average molecular weight is 215 g/mol. The molecule has 5 N–H and O–H groups in total. The summed E-state index contributed by atoms with van der Waals surface area (Å²) in [5.74, 6) is -0.220. The number of hydrogen-bond donors (Lipinski definition) is 4. The summed E-state index contributed by atoms with van der Waals surface area (Å²) in [6.07, 6.45) is 1.26. The summed E-state index contributed by atoms with van der Waals surface area (Å²) < 4.78 is 11.0. The molecule has 0 fully saturated rings. The maximum Gasteiger partial charge on any atom is 0.376 e. The van der Waals surface area contributed by atoms with Gasteiger partial charge in [-0.1, -0.05) is 0 Å². The molecule has 0 bridgehead atoms. The summed E-state index contributed by atoms with van der Waals surface area (Å²) in [6.45, 7) is 0. The molecule has 0 amide bonds. The molecule has 2 heterocycles. The molecule has 74 valence electrons. The fourth-order valence-corrected chi connectivity index (χ4v) is 1.73. The molecule has 0 atom stereocenters. The molecule has 0 aliphatic rings. The first kappa shape index (κ1) is 9.07. The summed E-state index contributed by atoms with van der Waals surface area (Å²) >= 11 is 0. The lowest BCUT2D eigenvalue weighted by Gasteiger charge is -2.03. The molecule has 0 saturated heterocycles. The maximum atomic E-state index is 11.0. The molecule has 2 aromatic heterocycles. The number of nitrogens with one attached hydrogen (secondary N) is 1. The van der Waals surface area contributed by atoms with Crippen molar-refractivity contribution < 1.29 is 14.4 Å². The van der Waals surface area contributed by atoms with E-state index in [2.05, 4.69) is 19.9 Å². The normalized spacial score (nSPS) is 12.1. The minimum Gasteiger partial charge on any atom is -0.368 e. The molecular formula is C5H6N5O3P. The zero-order chi connectivity index (χ0) is 10.3. The molecule has 0 aliphatic carbocycles. The number of hydrogen-bond acceptors (Lipinski definition) is 5. The highest BCUT2D eigenvalue weighted by molar-refractivity contribution is 7.60. The number of nitrogens with zero attached hydrogens (tertiary/aromatic N) is 3. The molecule has 0 unspecified atom stereocenters. The van der Waals surface area contributed by atoms with Crippen LogP contribution in [0.4, 0.5) is 5.95 Å². The van der Waals surface area contributed by atoms with Gasteiger partial charge in [-0.05, 0) is 0 Å². The lowest BCUT2D eigenvalue weighted by Crippen LogP contribution is -2.14. The van der Waals surface area contributed by atoms with E-state index in [0.29, 0.717) is 0 Å². The second kappa shape index (κ2) is 2.74. The number of nitrogen functional groups attached to an aromatic ring is 1. The van der Waals surface area contributed by atoms with E-state index in [1.165, 1.54) is 6.33 Å². The molecule has 0 spiro atoms. The number of nitrogens with two attached hydrogens (primary N) is 1. The first-order chi connectivity index (χ1) is 6.48. The number of imidazole rings is 1. The van der Waals surface area contributed by atoms with Gasteiger partial charge in [0.2, 0.25) is 5.95 Å². The predicted octanol–water partition coefficient (Wildman–Crippen LogP) is -1.26. The number of H-pyrrole nitrogens is 1. The lowest BCUT2D eigenvalue weighted by atomic mass is 10.5. The number of fused-ring (bicyclic) bond motifs is 1. The molecule has 2 aromatic rings. The van der Waals surface area contributed by atoms with Crippen LogP contribution in [0, 0.1) is 0 Å².